The number of aromatic nitrogens is 2. The van der Waals surface area contributed by atoms with Crippen LogP contribution in [-0.2, 0) is 19.4 Å². The molecule has 1 amide bonds. The number of nitrogens with one attached hydrogen (secondary N) is 1. The first-order chi connectivity index (χ1) is 15.6. The minimum absolute atomic E-state index is 0.0216. The molecule has 166 valence electrons. The Balaban J connectivity index is 1.24. The van der Waals surface area contributed by atoms with Crippen LogP contribution in [-0.4, -0.2) is 39.7 Å². The highest BCUT2D eigenvalue weighted by Crippen LogP contribution is 2.29. The van der Waals surface area contributed by atoms with Crippen molar-refractivity contribution in [3.05, 3.63) is 81.6 Å². The molecule has 1 saturated heterocycles. The fourth-order valence-electron chi connectivity index (χ4n) is 4.96. The zero-order valence-corrected chi connectivity index (χ0v) is 19.2. The van der Waals surface area contributed by atoms with Crippen LogP contribution in [0.1, 0.15) is 52.1 Å². The van der Waals surface area contributed by atoms with Crippen LogP contribution in [0.2, 0.25) is 5.02 Å². The Hall–Kier alpha value is -2.63. The standard InChI is InChI=1S/C26H29ClN4O/c1-18-5-2-3-7-23(18)31-24-8-4-6-22(24)25(29-31)26(32)28-21-13-15-30(16-14-21)17-19-9-11-20(27)12-10-19/h2-3,5,7,9-12,21H,4,6,8,13-17H2,1H3,(H,28,32). The molecule has 1 aromatic heterocycles. The topological polar surface area (TPSA) is 50.2 Å². The SMILES string of the molecule is Cc1ccccc1-n1nc(C(=O)NC2CCN(Cc3ccc(Cl)cc3)CC2)c2c1CCC2. The first-order valence-corrected chi connectivity index (χ1v) is 11.9. The number of carbonyl (C=O) groups excluding carboxylic acids is 1. The van der Waals surface area contributed by atoms with E-state index in [1.165, 1.54) is 16.8 Å². The Morgan fingerprint density at radius 3 is 2.59 bits per heavy atom. The van der Waals surface area contributed by atoms with E-state index in [0.717, 1.165) is 68.0 Å². The van der Waals surface area contributed by atoms with Gasteiger partial charge in [-0.1, -0.05) is 41.9 Å². The zero-order valence-electron chi connectivity index (χ0n) is 18.5. The molecule has 5 rings (SSSR count). The number of benzene rings is 2. The Bertz CT molecular complexity index is 1110. The Morgan fingerprint density at radius 2 is 1.84 bits per heavy atom. The number of carbonyl (C=O) groups is 1. The molecule has 1 N–H and O–H groups in total. The van der Waals surface area contributed by atoms with Gasteiger partial charge in [-0.2, -0.15) is 5.10 Å². The molecular weight excluding hydrogens is 420 g/mol. The maximum absolute atomic E-state index is 13.2. The van der Waals surface area contributed by atoms with Crippen molar-refractivity contribution in [1.29, 1.82) is 0 Å². The van der Waals surface area contributed by atoms with Crippen molar-refractivity contribution in [1.82, 2.24) is 20.0 Å². The van der Waals surface area contributed by atoms with E-state index in [4.69, 9.17) is 16.7 Å². The summed E-state index contributed by atoms with van der Waals surface area (Å²) in [5.41, 5.74) is 6.46. The van der Waals surface area contributed by atoms with Crippen molar-refractivity contribution in [2.75, 3.05) is 13.1 Å². The van der Waals surface area contributed by atoms with Crippen LogP contribution >= 0.6 is 11.6 Å². The largest absolute Gasteiger partial charge is 0.348 e. The molecule has 0 spiro atoms. The molecule has 5 nitrogen and oxygen atoms in total. The highest BCUT2D eigenvalue weighted by molar-refractivity contribution is 6.30. The lowest BCUT2D eigenvalue weighted by atomic mass is 10.0. The van der Waals surface area contributed by atoms with E-state index >= 15 is 0 Å². The Kier molecular flexibility index (Phi) is 6.03. The maximum atomic E-state index is 13.2. The number of nitrogens with zero attached hydrogens (tertiary/aromatic N) is 3. The molecule has 2 aromatic carbocycles. The van der Waals surface area contributed by atoms with E-state index in [9.17, 15) is 4.79 Å². The average Bonchev–Trinajstić information content (AvgIpc) is 3.40. The average molecular weight is 449 g/mol. The molecule has 0 unspecified atom stereocenters. The molecule has 1 aliphatic carbocycles. The number of likely N-dealkylation sites (tertiary alicyclic amines) is 1. The zero-order chi connectivity index (χ0) is 22.1. The smallest absolute Gasteiger partial charge is 0.272 e. The first-order valence-electron chi connectivity index (χ1n) is 11.5. The van der Waals surface area contributed by atoms with Gasteiger partial charge in [0.15, 0.2) is 5.69 Å². The molecule has 1 fully saturated rings. The van der Waals surface area contributed by atoms with Gasteiger partial charge in [0.2, 0.25) is 0 Å². The second kappa shape index (κ2) is 9.08. The van der Waals surface area contributed by atoms with Gasteiger partial charge in [-0.15, -0.1) is 0 Å². The third-order valence-electron chi connectivity index (χ3n) is 6.73. The highest BCUT2D eigenvalue weighted by atomic mass is 35.5. The van der Waals surface area contributed by atoms with Gasteiger partial charge in [-0.25, -0.2) is 4.68 Å². The first kappa shape index (κ1) is 21.2. The number of aryl methyl sites for hydroxylation is 1. The molecule has 1 aliphatic heterocycles. The summed E-state index contributed by atoms with van der Waals surface area (Å²) in [5.74, 6) is -0.0216. The molecule has 0 saturated carbocycles. The van der Waals surface area contributed by atoms with Crippen LogP contribution in [0, 0.1) is 6.92 Å². The predicted octanol–water partition coefficient (Wildman–Crippen LogP) is 4.72. The number of halogens is 1. The van der Waals surface area contributed by atoms with Gasteiger partial charge in [0, 0.05) is 42.0 Å². The van der Waals surface area contributed by atoms with Gasteiger partial charge in [0.05, 0.1) is 5.69 Å². The fraction of sp³-hybridized carbons (Fsp3) is 0.385. The summed E-state index contributed by atoms with van der Waals surface area (Å²) in [6.45, 7) is 4.97. The van der Waals surface area contributed by atoms with Gasteiger partial charge in [0.25, 0.3) is 5.91 Å². The van der Waals surface area contributed by atoms with Crippen LogP contribution in [0.15, 0.2) is 48.5 Å². The summed E-state index contributed by atoms with van der Waals surface area (Å²) in [6.07, 6.45) is 4.92. The van der Waals surface area contributed by atoms with E-state index in [2.05, 4.69) is 41.4 Å². The van der Waals surface area contributed by atoms with Crippen molar-refractivity contribution in [3.8, 4) is 5.69 Å². The third-order valence-corrected chi connectivity index (χ3v) is 6.98. The minimum atomic E-state index is -0.0216. The van der Waals surface area contributed by atoms with Crippen LogP contribution in [0.3, 0.4) is 0 Å². The summed E-state index contributed by atoms with van der Waals surface area (Å²) in [4.78, 5) is 15.6. The van der Waals surface area contributed by atoms with Gasteiger partial charge in [-0.05, 0) is 68.4 Å². The lowest BCUT2D eigenvalue weighted by Gasteiger charge is -2.32. The van der Waals surface area contributed by atoms with Gasteiger partial charge in [0.1, 0.15) is 0 Å². The number of hydrogen-bond acceptors (Lipinski definition) is 3. The van der Waals surface area contributed by atoms with E-state index in [1.807, 2.05) is 28.9 Å². The molecular formula is C26H29ClN4O. The van der Waals surface area contributed by atoms with Crippen molar-refractivity contribution >= 4 is 17.5 Å². The number of hydrogen-bond donors (Lipinski definition) is 1. The number of piperidine rings is 1. The van der Waals surface area contributed by atoms with Crippen LogP contribution in [0.5, 0.6) is 0 Å². The van der Waals surface area contributed by atoms with Crippen LogP contribution in [0.25, 0.3) is 5.69 Å². The second-order valence-corrected chi connectivity index (χ2v) is 9.41. The van der Waals surface area contributed by atoms with E-state index in [0.29, 0.717) is 5.69 Å². The summed E-state index contributed by atoms with van der Waals surface area (Å²) in [6, 6.07) is 16.5. The van der Waals surface area contributed by atoms with Gasteiger partial charge in [-0.3, -0.25) is 9.69 Å². The van der Waals surface area contributed by atoms with Crippen molar-refractivity contribution < 1.29 is 4.79 Å². The van der Waals surface area contributed by atoms with Gasteiger partial charge < -0.3 is 5.32 Å². The summed E-state index contributed by atoms with van der Waals surface area (Å²) in [7, 11) is 0. The van der Waals surface area contributed by atoms with Crippen molar-refractivity contribution in [2.45, 2.75) is 51.6 Å². The lowest BCUT2D eigenvalue weighted by Crippen LogP contribution is -2.44. The summed E-state index contributed by atoms with van der Waals surface area (Å²) >= 11 is 5.99. The number of amides is 1. The quantitative estimate of drug-likeness (QED) is 0.614. The Labute approximate surface area is 194 Å². The molecule has 2 heterocycles. The summed E-state index contributed by atoms with van der Waals surface area (Å²) in [5, 5.41) is 8.84. The van der Waals surface area contributed by atoms with Gasteiger partial charge >= 0.3 is 0 Å². The highest BCUT2D eigenvalue weighted by Gasteiger charge is 2.29. The number of rotatable bonds is 5. The van der Waals surface area contributed by atoms with Crippen LogP contribution < -0.4 is 5.32 Å². The van der Waals surface area contributed by atoms with Crippen molar-refractivity contribution in [3.63, 3.8) is 0 Å². The Morgan fingerprint density at radius 1 is 1.09 bits per heavy atom. The number of para-hydroxylation sites is 1. The normalized spacial score (nSPS) is 16.8. The molecule has 32 heavy (non-hydrogen) atoms. The molecule has 0 atom stereocenters. The monoisotopic (exact) mass is 448 g/mol. The minimum Gasteiger partial charge on any atom is -0.348 e. The molecule has 0 bridgehead atoms. The van der Waals surface area contributed by atoms with Crippen LogP contribution in [0.4, 0.5) is 0 Å². The second-order valence-electron chi connectivity index (χ2n) is 8.98. The number of fused-ring (bicyclic) bond motifs is 1. The molecule has 0 radical (unpaired) electrons. The molecule has 2 aliphatic rings. The van der Waals surface area contributed by atoms with E-state index < -0.39 is 0 Å². The van der Waals surface area contributed by atoms with Crippen molar-refractivity contribution in [2.24, 2.45) is 0 Å². The van der Waals surface area contributed by atoms with E-state index in [1.54, 1.807) is 0 Å². The van der Waals surface area contributed by atoms with E-state index in [-0.39, 0.29) is 11.9 Å². The maximum Gasteiger partial charge on any atom is 0.272 e. The molecule has 3 aromatic rings. The predicted molar refractivity (Wildman–Crippen MR) is 128 cm³/mol. The molecule has 6 heteroatoms. The summed E-state index contributed by atoms with van der Waals surface area (Å²) < 4.78 is 2.00. The lowest BCUT2D eigenvalue weighted by molar-refractivity contribution is 0.0902. The fourth-order valence-corrected chi connectivity index (χ4v) is 5.08. The third kappa shape index (κ3) is 4.32.